The topological polar surface area (TPSA) is 66.7 Å². The number of rotatable bonds is 10. The summed E-state index contributed by atoms with van der Waals surface area (Å²) in [4.78, 5) is 14.4. The van der Waals surface area contributed by atoms with Gasteiger partial charge in [0.2, 0.25) is 0 Å². The van der Waals surface area contributed by atoms with Crippen LogP contribution in [0.2, 0.25) is 0 Å². The summed E-state index contributed by atoms with van der Waals surface area (Å²) in [7, 11) is 0. The van der Waals surface area contributed by atoms with Crippen molar-refractivity contribution in [2.24, 2.45) is 5.92 Å². The van der Waals surface area contributed by atoms with Crippen LogP contribution < -0.4 is 10.6 Å². The molecule has 1 aromatic heterocycles. The molecule has 1 atom stereocenters. The van der Waals surface area contributed by atoms with E-state index in [0.29, 0.717) is 13.1 Å². The molecule has 1 saturated heterocycles. The van der Waals surface area contributed by atoms with E-state index in [1.165, 1.54) is 32.1 Å². The van der Waals surface area contributed by atoms with E-state index in [2.05, 4.69) is 15.5 Å². The van der Waals surface area contributed by atoms with Gasteiger partial charge in [-0.2, -0.15) is 0 Å². The summed E-state index contributed by atoms with van der Waals surface area (Å²) >= 11 is 0. The number of ether oxygens (including phenoxy) is 1. The van der Waals surface area contributed by atoms with Crippen molar-refractivity contribution in [3.05, 3.63) is 24.2 Å². The lowest BCUT2D eigenvalue weighted by molar-refractivity contribution is 0.122. The maximum atomic E-state index is 12.0. The SMILES string of the molecule is O=C(NCCCOCC1CC1)NCC(c1ccco1)N1CCCCC1. The van der Waals surface area contributed by atoms with Crippen molar-refractivity contribution < 1.29 is 13.9 Å². The van der Waals surface area contributed by atoms with Gasteiger partial charge in [-0.25, -0.2) is 4.79 Å². The van der Waals surface area contributed by atoms with Crippen molar-refractivity contribution in [3.63, 3.8) is 0 Å². The van der Waals surface area contributed by atoms with Crippen molar-refractivity contribution in [1.82, 2.24) is 15.5 Å². The number of hydrogen-bond donors (Lipinski definition) is 2. The van der Waals surface area contributed by atoms with Gasteiger partial charge < -0.3 is 19.8 Å². The van der Waals surface area contributed by atoms with Crippen LogP contribution in [0.4, 0.5) is 4.79 Å². The average molecular weight is 349 g/mol. The Morgan fingerprint density at radius 2 is 2.12 bits per heavy atom. The Balaban J connectivity index is 1.34. The molecule has 0 spiro atoms. The predicted octanol–water partition coefficient (Wildman–Crippen LogP) is 2.92. The molecule has 3 rings (SSSR count). The second-order valence-electron chi connectivity index (χ2n) is 7.14. The Kier molecular flexibility index (Phi) is 7.18. The van der Waals surface area contributed by atoms with E-state index < -0.39 is 0 Å². The van der Waals surface area contributed by atoms with Crippen LogP contribution in [0.15, 0.2) is 22.8 Å². The van der Waals surface area contributed by atoms with E-state index in [-0.39, 0.29) is 12.1 Å². The molecule has 1 aromatic rings. The van der Waals surface area contributed by atoms with Crippen LogP contribution in [0.25, 0.3) is 0 Å². The zero-order valence-electron chi connectivity index (χ0n) is 15.0. The Hall–Kier alpha value is -1.53. The Morgan fingerprint density at radius 3 is 2.84 bits per heavy atom. The van der Waals surface area contributed by atoms with Gasteiger partial charge in [0.05, 0.1) is 12.3 Å². The number of furan rings is 1. The molecule has 1 aliphatic heterocycles. The maximum absolute atomic E-state index is 12.0. The number of likely N-dealkylation sites (tertiary alicyclic amines) is 1. The molecule has 0 bridgehead atoms. The molecular formula is C19H31N3O3. The van der Waals surface area contributed by atoms with Crippen LogP contribution in [0.3, 0.4) is 0 Å². The zero-order chi connectivity index (χ0) is 17.3. The van der Waals surface area contributed by atoms with Gasteiger partial charge in [0.25, 0.3) is 0 Å². The number of nitrogens with zero attached hydrogens (tertiary/aromatic N) is 1. The van der Waals surface area contributed by atoms with Gasteiger partial charge in [-0.1, -0.05) is 6.42 Å². The first-order chi connectivity index (χ1) is 12.3. The van der Waals surface area contributed by atoms with Gasteiger partial charge >= 0.3 is 6.03 Å². The normalized spacial score (nSPS) is 19.5. The molecule has 0 radical (unpaired) electrons. The number of nitrogens with one attached hydrogen (secondary N) is 2. The van der Waals surface area contributed by atoms with Crippen LogP contribution in [-0.4, -0.2) is 50.3 Å². The molecular weight excluding hydrogens is 318 g/mol. The summed E-state index contributed by atoms with van der Waals surface area (Å²) in [5.41, 5.74) is 0. The van der Waals surface area contributed by atoms with E-state index in [0.717, 1.165) is 44.4 Å². The smallest absolute Gasteiger partial charge is 0.314 e. The third kappa shape index (κ3) is 6.36. The largest absolute Gasteiger partial charge is 0.468 e. The van der Waals surface area contributed by atoms with Gasteiger partial charge in [-0.3, -0.25) is 4.90 Å². The lowest BCUT2D eigenvalue weighted by atomic mass is 10.1. The van der Waals surface area contributed by atoms with Gasteiger partial charge in [-0.15, -0.1) is 0 Å². The lowest BCUT2D eigenvalue weighted by Crippen LogP contribution is -2.43. The molecule has 2 heterocycles. The van der Waals surface area contributed by atoms with Crippen molar-refractivity contribution >= 4 is 6.03 Å². The fraction of sp³-hybridized carbons (Fsp3) is 0.737. The molecule has 6 heteroatoms. The summed E-state index contributed by atoms with van der Waals surface area (Å²) in [5.74, 6) is 1.72. The third-order valence-corrected chi connectivity index (χ3v) is 4.96. The van der Waals surface area contributed by atoms with Crippen molar-refractivity contribution in [2.45, 2.75) is 44.6 Å². The summed E-state index contributed by atoms with van der Waals surface area (Å²) in [6, 6.07) is 3.91. The molecule has 1 saturated carbocycles. The zero-order valence-corrected chi connectivity index (χ0v) is 15.0. The minimum atomic E-state index is -0.115. The summed E-state index contributed by atoms with van der Waals surface area (Å²) in [6.07, 6.45) is 8.90. The van der Waals surface area contributed by atoms with Gasteiger partial charge in [0, 0.05) is 26.3 Å². The van der Waals surface area contributed by atoms with Crippen LogP contribution in [0.5, 0.6) is 0 Å². The van der Waals surface area contributed by atoms with Crippen molar-refractivity contribution in [2.75, 3.05) is 39.4 Å². The Labute approximate surface area is 150 Å². The highest BCUT2D eigenvalue weighted by Gasteiger charge is 2.24. The number of amides is 2. The minimum absolute atomic E-state index is 0.114. The fourth-order valence-electron chi connectivity index (χ4n) is 3.28. The minimum Gasteiger partial charge on any atom is -0.468 e. The first-order valence-electron chi connectivity index (χ1n) is 9.70. The molecule has 2 amide bonds. The van der Waals surface area contributed by atoms with E-state index in [4.69, 9.17) is 9.15 Å². The predicted molar refractivity (Wildman–Crippen MR) is 96.4 cm³/mol. The Bertz CT molecular complexity index is 496. The molecule has 1 unspecified atom stereocenters. The highest BCUT2D eigenvalue weighted by molar-refractivity contribution is 5.73. The molecule has 1 aliphatic carbocycles. The van der Waals surface area contributed by atoms with E-state index in [1.54, 1.807) is 6.26 Å². The number of carbonyl (C=O) groups excluding carboxylic acids is 1. The highest BCUT2D eigenvalue weighted by atomic mass is 16.5. The number of piperidine rings is 1. The molecule has 2 aliphatic rings. The molecule has 0 aromatic carbocycles. The number of urea groups is 1. The van der Waals surface area contributed by atoms with Crippen molar-refractivity contribution in [1.29, 1.82) is 0 Å². The van der Waals surface area contributed by atoms with Gasteiger partial charge in [-0.05, 0) is 63.2 Å². The summed E-state index contributed by atoms with van der Waals surface area (Å²) < 4.78 is 11.2. The fourth-order valence-corrected chi connectivity index (χ4v) is 3.28. The van der Waals surface area contributed by atoms with E-state index in [1.807, 2.05) is 12.1 Å². The molecule has 140 valence electrons. The van der Waals surface area contributed by atoms with E-state index >= 15 is 0 Å². The first-order valence-corrected chi connectivity index (χ1v) is 9.70. The molecule has 25 heavy (non-hydrogen) atoms. The van der Waals surface area contributed by atoms with Crippen LogP contribution in [0.1, 0.15) is 50.3 Å². The standard InChI is InChI=1S/C19H31N3O3/c23-19(20-9-5-12-24-15-16-7-8-16)21-14-17(18-6-4-13-25-18)22-10-2-1-3-11-22/h4,6,13,16-17H,1-3,5,7-12,14-15H2,(H2,20,21,23). The second kappa shape index (κ2) is 9.82. The van der Waals surface area contributed by atoms with Crippen molar-refractivity contribution in [3.8, 4) is 0 Å². The summed E-state index contributed by atoms with van der Waals surface area (Å²) in [6.45, 7) is 4.94. The first kappa shape index (κ1) is 18.3. The Morgan fingerprint density at radius 1 is 1.28 bits per heavy atom. The maximum Gasteiger partial charge on any atom is 0.314 e. The van der Waals surface area contributed by atoms with Crippen LogP contribution in [-0.2, 0) is 4.74 Å². The van der Waals surface area contributed by atoms with Crippen LogP contribution in [0, 0.1) is 5.92 Å². The monoisotopic (exact) mass is 349 g/mol. The molecule has 2 N–H and O–H groups in total. The van der Waals surface area contributed by atoms with Gasteiger partial charge in [0.15, 0.2) is 0 Å². The number of hydrogen-bond acceptors (Lipinski definition) is 4. The van der Waals surface area contributed by atoms with Crippen LogP contribution >= 0.6 is 0 Å². The van der Waals surface area contributed by atoms with Gasteiger partial charge in [0.1, 0.15) is 5.76 Å². The summed E-state index contributed by atoms with van der Waals surface area (Å²) in [5, 5.41) is 5.91. The van der Waals surface area contributed by atoms with E-state index in [9.17, 15) is 4.79 Å². The number of carbonyl (C=O) groups is 1. The second-order valence-corrected chi connectivity index (χ2v) is 7.14. The third-order valence-electron chi connectivity index (χ3n) is 4.96. The lowest BCUT2D eigenvalue weighted by Gasteiger charge is -2.33. The molecule has 6 nitrogen and oxygen atoms in total. The highest BCUT2D eigenvalue weighted by Crippen LogP contribution is 2.28. The molecule has 2 fully saturated rings. The average Bonchev–Trinajstić information content (AvgIpc) is 3.31. The quantitative estimate of drug-likeness (QED) is 0.638.